The highest BCUT2D eigenvalue weighted by Gasteiger charge is 2.09. The van der Waals surface area contributed by atoms with Gasteiger partial charge in [-0.25, -0.2) is 0 Å². The molecular weight excluding hydrogens is 246 g/mol. The first-order chi connectivity index (χ1) is 8.60. The molecule has 2 unspecified atom stereocenters. The van der Waals surface area contributed by atoms with Crippen molar-refractivity contribution in [1.29, 1.82) is 5.26 Å². The molecule has 1 aromatic carbocycles. The van der Waals surface area contributed by atoms with E-state index in [1.807, 2.05) is 6.07 Å². The van der Waals surface area contributed by atoms with Gasteiger partial charge in [0, 0.05) is 22.3 Å². The summed E-state index contributed by atoms with van der Waals surface area (Å²) in [5.74, 6) is 2.27. The van der Waals surface area contributed by atoms with Crippen LogP contribution in [0.5, 0.6) is 5.75 Å². The van der Waals surface area contributed by atoms with Crippen molar-refractivity contribution in [2.24, 2.45) is 5.92 Å². The minimum Gasteiger partial charge on any atom is -0.495 e. The standard InChI is InChI=1S/C14H19NO2S/c1-4-11(2)9-18(16)10-12-5-6-13(8-15)14(7-12)17-3/h5-7,11H,4,9-10H2,1-3H3. The second-order valence-electron chi connectivity index (χ2n) is 4.41. The number of ether oxygens (including phenoxy) is 1. The molecule has 1 aromatic rings. The SMILES string of the molecule is CCC(C)CS(=O)Cc1ccc(C#N)c(OC)c1. The van der Waals surface area contributed by atoms with E-state index in [1.165, 1.54) is 7.11 Å². The zero-order valence-electron chi connectivity index (χ0n) is 11.1. The van der Waals surface area contributed by atoms with E-state index >= 15 is 0 Å². The monoisotopic (exact) mass is 265 g/mol. The Kier molecular flexibility index (Phi) is 5.87. The molecule has 0 saturated carbocycles. The quantitative estimate of drug-likeness (QED) is 0.794. The minimum absolute atomic E-state index is 0.478. The van der Waals surface area contributed by atoms with Crippen LogP contribution in [0.25, 0.3) is 0 Å². The topological polar surface area (TPSA) is 50.1 Å². The van der Waals surface area contributed by atoms with Gasteiger partial charge in [-0.3, -0.25) is 4.21 Å². The van der Waals surface area contributed by atoms with Crippen LogP contribution in [0.4, 0.5) is 0 Å². The van der Waals surface area contributed by atoms with Crippen LogP contribution in [0.3, 0.4) is 0 Å². The van der Waals surface area contributed by atoms with Gasteiger partial charge in [0.2, 0.25) is 0 Å². The Morgan fingerprint density at radius 2 is 2.22 bits per heavy atom. The number of benzene rings is 1. The lowest BCUT2D eigenvalue weighted by Crippen LogP contribution is -2.08. The largest absolute Gasteiger partial charge is 0.495 e. The highest BCUT2D eigenvalue weighted by Crippen LogP contribution is 2.20. The smallest absolute Gasteiger partial charge is 0.136 e. The molecule has 0 aliphatic carbocycles. The predicted octanol–water partition coefficient (Wildman–Crippen LogP) is 2.86. The number of methoxy groups -OCH3 is 1. The molecule has 18 heavy (non-hydrogen) atoms. The van der Waals surface area contributed by atoms with Gasteiger partial charge in [-0.1, -0.05) is 26.3 Å². The van der Waals surface area contributed by atoms with Gasteiger partial charge in [0.15, 0.2) is 0 Å². The van der Waals surface area contributed by atoms with Gasteiger partial charge < -0.3 is 4.74 Å². The van der Waals surface area contributed by atoms with Gasteiger partial charge in [-0.2, -0.15) is 5.26 Å². The minimum atomic E-state index is -0.858. The molecule has 0 amide bonds. The van der Waals surface area contributed by atoms with E-state index in [2.05, 4.69) is 19.9 Å². The van der Waals surface area contributed by atoms with Crippen molar-refractivity contribution in [3.05, 3.63) is 29.3 Å². The van der Waals surface area contributed by atoms with Crippen LogP contribution in [-0.2, 0) is 16.6 Å². The van der Waals surface area contributed by atoms with E-state index in [-0.39, 0.29) is 0 Å². The maximum atomic E-state index is 11.9. The Hall–Kier alpha value is -1.34. The summed E-state index contributed by atoms with van der Waals surface area (Å²) in [6.45, 7) is 4.21. The summed E-state index contributed by atoms with van der Waals surface area (Å²) in [6, 6.07) is 7.43. The molecule has 98 valence electrons. The lowest BCUT2D eigenvalue weighted by molar-refractivity contribution is 0.413. The predicted molar refractivity (Wildman–Crippen MR) is 73.9 cm³/mol. The maximum absolute atomic E-state index is 11.9. The summed E-state index contributed by atoms with van der Waals surface area (Å²) in [4.78, 5) is 0. The average molecular weight is 265 g/mol. The van der Waals surface area contributed by atoms with Crippen molar-refractivity contribution in [3.8, 4) is 11.8 Å². The molecule has 1 rings (SSSR count). The van der Waals surface area contributed by atoms with Crippen molar-refractivity contribution >= 4 is 10.8 Å². The number of rotatable bonds is 6. The first-order valence-electron chi connectivity index (χ1n) is 6.02. The van der Waals surface area contributed by atoms with Crippen LogP contribution >= 0.6 is 0 Å². The summed E-state index contributed by atoms with van der Waals surface area (Å²) >= 11 is 0. The number of hydrogen-bond donors (Lipinski definition) is 0. The highest BCUT2D eigenvalue weighted by molar-refractivity contribution is 7.84. The molecule has 0 radical (unpaired) electrons. The van der Waals surface area contributed by atoms with Gasteiger partial charge in [0.25, 0.3) is 0 Å². The first kappa shape index (κ1) is 14.7. The molecule has 0 fully saturated rings. The van der Waals surface area contributed by atoms with Crippen LogP contribution in [0.2, 0.25) is 0 Å². The van der Waals surface area contributed by atoms with Crippen molar-refractivity contribution in [2.45, 2.75) is 26.0 Å². The van der Waals surface area contributed by atoms with E-state index in [0.717, 1.165) is 17.7 Å². The highest BCUT2D eigenvalue weighted by atomic mass is 32.2. The van der Waals surface area contributed by atoms with Crippen molar-refractivity contribution in [2.75, 3.05) is 12.9 Å². The molecule has 2 atom stereocenters. The van der Waals surface area contributed by atoms with Crippen LogP contribution in [0.15, 0.2) is 18.2 Å². The summed E-state index contributed by atoms with van der Waals surface area (Å²) in [6.07, 6.45) is 1.04. The third-order valence-electron chi connectivity index (χ3n) is 2.88. The third kappa shape index (κ3) is 4.15. The summed E-state index contributed by atoms with van der Waals surface area (Å²) in [5, 5.41) is 8.88. The molecule has 3 nitrogen and oxygen atoms in total. The van der Waals surface area contributed by atoms with E-state index in [1.54, 1.807) is 12.1 Å². The molecule has 0 aromatic heterocycles. The van der Waals surface area contributed by atoms with E-state index in [0.29, 0.717) is 23.0 Å². The molecule has 4 heteroatoms. The van der Waals surface area contributed by atoms with Crippen molar-refractivity contribution in [1.82, 2.24) is 0 Å². The lowest BCUT2D eigenvalue weighted by atomic mass is 10.1. The second kappa shape index (κ2) is 7.17. The van der Waals surface area contributed by atoms with Crippen LogP contribution in [-0.4, -0.2) is 17.1 Å². The molecule has 0 aliphatic rings. The third-order valence-corrected chi connectivity index (χ3v) is 4.48. The first-order valence-corrected chi connectivity index (χ1v) is 7.51. The Labute approximate surface area is 111 Å². The summed E-state index contributed by atoms with van der Waals surface area (Å²) < 4.78 is 17.1. The van der Waals surface area contributed by atoms with Gasteiger partial charge in [0.05, 0.1) is 12.7 Å². The Bertz CT molecular complexity index is 465. The van der Waals surface area contributed by atoms with Crippen LogP contribution < -0.4 is 4.74 Å². The lowest BCUT2D eigenvalue weighted by Gasteiger charge is -2.09. The molecule has 0 N–H and O–H groups in total. The second-order valence-corrected chi connectivity index (χ2v) is 5.91. The maximum Gasteiger partial charge on any atom is 0.136 e. The van der Waals surface area contributed by atoms with Crippen molar-refractivity contribution in [3.63, 3.8) is 0 Å². The molecule has 0 saturated heterocycles. The molecular formula is C14H19NO2S. The fourth-order valence-corrected chi connectivity index (χ4v) is 3.14. The van der Waals surface area contributed by atoms with Gasteiger partial charge in [0.1, 0.15) is 11.8 Å². The van der Waals surface area contributed by atoms with Gasteiger partial charge >= 0.3 is 0 Å². The Morgan fingerprint density at radius 1 is 1.50 bits per heavy atom. The number of nitrogens with zero attached hydrogens (tertiary/aromatic N) is 1. The zero-order chi connectivity index (χ0) is 13.5. The summed E-state index contributed by atoms with van der Waals surface area (Å²) in [5.41, 5.74) is 1.46. The molecule has 0 bridgehead atoms. The Balaban J connectivity index is 2.74. The number of nitriles is 1. The van der Waals surface area contributed by atoms with E-state index < -0.39 is 10.8 Å². The molecule has 0 spiro atoms. The Morgan fingerprint density at radius 3 is 2.78 bits per heavy atom. The molecule has 0 heterocycles. The van der Waals surface area contributed by atoms with E-state index in [9.17, 15) is 4.21 Å². The van der Waals surface area contributed by atoms with Gasteiger partial charge in [-0.15, -0.1) is 0 Å². The zero-order valence-corrected chi connectivity index (χ0v) is 11.9. The van der Waals surface area contributed by atoms with Gasteiger partial charge in [-0.05, 0) is 23.6 Å². The summed E-state index contributed by atoms with van der Waals surface area (Å²) in [7, 11) is 0.680. The van der Waals surface area contributed by atoms with Crippen molar-refractivity contribution < 1.29 is 8.95 Å². The molecule has 0 aliphatic heterocycles. The van der Waals surface area contributed by atoms with Crippen LogP contribution in [0, 0.1) is 17.2 Å². The van der Waals surface area contributed by atoms with E-state index in [4.69, 9.17) is 10.00 Å². The fraction of sp³-hybridized carbons (Fsp3) is 0.500. The number of hydrogen-bond acceptors (Lipinski definition) is 3. The van der Waals surface area contributed by atoms with Crippen LogP contribution in [0.1, 0.15) is 31.4 Å². The fourth-order valence-electron chi connectivity index (χ4n) is 1.60. The normalized spacial score (nSPS) is 13.7. The average Bonchev–Trinajstić information content (AvgIpc) is 2.38.